The second-order valence-corrected chi connectivity index (χ2v) is 5.35. The number of ether oxygens (including phenoxy) is 2. The summed E-state index contributed by atoms with van der Waals surface area (Å²) in [7, 11) is 1.62. The van der Waals surface area contributed by atoms with Crippen LogP contribution in [-0.2, 0) is 13.2 Å². The topological polar surface area (TPSA) is 66.2 Å². The summed E-state index contributed by atoms with van der Waals surface area (Å²) in [5, 5.41) is 8.06. The Morgan fingerprint density at radius 1 is 1.24 bits per heavy atom. The van der Waals surface area contributed by atoms with E-state index in [0.717, 1.165) is 11.3 Å². The summed E-state index contributed by atoms with van der Waals surface area (Å²) in [5.41, 5.74) is 1.87. The first kappa shape index (κ1) is 16.6. The van der Waals surface area contributed by atoms with E-state index in [0.29, 0.717) is 18.5 Å². The maximum atomic E-state index is 13.3. The van der Waals surface area contributed by atoms with Gasteiger partial charge in [-0.2, -0.15) is 0 Å². The third-order valence-electron chi connectivity index (χ3n) is 3.54. The van der Waals surface area contributed by atoms with E-state index in [1.165, 1.54) is 18.2 Å². The molecule has 0 N–H and O–H groups in total. The molecule has 25 heavy (non-hydrogen) atoms. The molecule has 7 heteroatoms. The number of rotatable bonds is 7. The van der Waals surface area contributed by atoms with E-state index >= 15 is 0 Å². The predicted octanol–water partition coefficient (Wildman–Crippen LogP) is 2.87. The number of carbonyl (C=O) groups is 1. The number of benzene rings is 2. The van der Waals surface area contributed by atoms with Gasteiger partial charge >= 0.3 is 0 Å². The molecule has 0 fully saturated rings. The zero-order valence-electron chi connectivity index (χ0n) is 13.6. The van der Waals surface area contributed by atoms with E-state index in [9.17, 15) is 9.18 Å². The van der Waals surface area contributed by atoms with Gasteiger partial charge in [-0.15, -0.1) is 5.10 Å². The van der Waals surface area contributed by atoms with Gasteiger partial charge in [-0.3, -0.25) is 4.79 Å². The number of aldehydes is 1. The minimum atomic E-state index is -0.470. The smallest absolute Gasteiger partial charge is 0.153 e. The third kappa shape index (κ3) is 4.20. The summed E-state index contributed by atoms with van der Waals surface area (Å²) in [6.07, 6.45) is 2.35. The maximum absolute atomic E-state index is 13.3. The SMILES string of the molecule is COc1cccc(Cn2cc(COc3cc(F)ccc3C=O)nn2)c1. The molecule has 6 nitrogen and oxygen atoms in total. The molecule has 1 aromatic heterocycles. The highest BCUT2D eigenvalue weighted by Crippen LogP contribution is 2.19. The lowest BCUT2D eigenvalue weighted by molar-refractivity contribution is 0.111. The Balaban J connectivity index is 1.66. The average Bonchev–Trinajstić information content (AvgIpc) is 3.07. The number of aromatic nitrogens is 3. The summed E-state index contributed by atoms with van der Waals surface area (Å²) in [4.78, 5) is 11.0. The van der Waals surface area contributed by atoms with Crippen LogP contribution in [0.4, 0.5) is 4.39 Å². The first-order valence-electron chi connectivity index (χ1n) is 7.57. The number of halogens is 1. The lowest BCUT2D eigenvalue weighted by Gasteiger charge is -2.06. The Morgan fingerprint density at radius 3 is 2.92 bits per heavy atom. The van der Waals surface area contributed by atoms with Crippen molar-refractivity contribution in [1.29, 1.82) is 0 Å². The molecule has 2 aromatic carbocycles. The molecule has 0 aliphatic heterocycles. The van der Waals surface area contributed by atoms with E-state index < -0.39 is 5.82 Å². The van der Waals surface area contributed by atoms with Crippen molar-refractivity contribution < 1.29 is 18.7 Å². The highest BCUT2D eigenvalue weighted by atomic mass is 19.1. The van der Waals surface area contributed by atoms with Crippen LogP contribution in [0.25, 0.3) is 0 Å². The molecule has 0 radical (unpaired) electrons. The molecule has 128 valence electrons. The summed E-state index contributed by atoms with van der Waals surface area (Å²) in [6.45, 7) is 0.617. The van der Waals surface area contributed by atoms with Crippen molar-refractivity contribution in [3.63, 3.8) is 0 Å². The van der Waals surface area contributed by atoms with E-state index in [-0.39, 0.29) is 17.9 Å². The first-order chi connectivity index (χ1) is 12.2. The van der Waals surface area contributed by atoms with Gasteiger partial charge < -0.3 is 9.47 Å². The quantitative estimate of drug-likeness (QED) is 0.618. The molecule has 3 aromatic rings. The van der Waals surface area contributed by atoms with Crippen LogP contribution in [0.3, 0.4) is 0 Å². The van der Waals surface area contributed by atoms with Gasteiger partial charge in [0, 0.05) is 6.07 Å². The number of hydrogen-bond donors (Lipinski definition) is 0. The molecule has 0 saturated carbocycles. The zero-order chi connectivity index (χ0) is 17.6. The summed E-state index contributed by atoms with van der Waals surface area (Å²) in [6, 6.07) is 11.4. The van der Waals surface area contributed by atoms with Crippen molar-refractivity contribution in [2.45, 2.75) is 13.2 Å². The van der Waals surface area contributed by atoms with Gasteiger partial charge in [-0.25, -0.2) is 9.07 Å². The van der Waals surface area contributed by atoms with Crippen LogP contribution < -0.4 is 9.47 Å². The van der Waals surface area contributed by atoms with E-state index in [4.69, 9.17) is 9.47 Å². The molecular formula is C18H16FN3O3. The monoisotopic (exact) mass is 341 g/mol. The highest BCUT2D eigenvalue weighted by Gasteiger charge is 2.08. The van der Waals surface area contributed by atoms with Gasteiger partial charge in [-0.1, -0.05) is 17.3 Å². The highest BCUT2D eigenvalue weighted by molar-refractivity contribution is 5.79. The van der Waals surface area contributed by atoms with E-state index in [1.807, 2.05) is 24.3 Å². The number of carbonyl (C=O) groups excluding carboxylic acids is 1. The fraction of sp³-hybridized carbons (Fsp3) is 0.167. The fourth-order valence-electron chi connectivity index (χ4n) is 2.32. The molecule has 3 rings (SSSR count). The number of nitrogens with zero attached hydrogens (tertiary/aromatic N) is 3. The molecule has 0 amide bonds. The lowest BCUT2D eigenvalue weighted by Crippen LogP contribution is -2.01. The molecule has 1 heterocycles. The van der Waals surface area contributed by atoms with Crippen molar-refractivity contribution in [2.75, 3.05) is 7.11 Å². The molecular weight excluding hydrogens is 325 g/mol. The Kier molecular flexibility index (Phi) is 5.03. The standard InChI is InChI=1S/C18H16FN3O3/c1-24-17-4-2-3-13(7-17)9-22-10-16(20-21-22)12-25-18-8-15(19)6-5-14(18)11-23/h2-8,10-11H,9,12H2,1H3. The maximum Gasteiger partial charge on any atom is 0.153 e. The summed E-state index contributed by atoms with van der Waals surface area (Å²) < 4.78 is 25.6. The van der Waals surface area contributed by atoms with Crippen molar-refractivity contribution in [3.05, 3.63) is 71.3 Å². The molecule has 0 bridgehead atoms. The van der Waals surface area contributed by atoms with Gasteiger partial charge in [-0.05, 0) is 29.8 Å². The van der Waals surface area contributed by atoms with Crippen molar-refractivity contribution in [1.82, 2.24) is 15.0 Å². The van der Waals surface area contributed by atoms with Crippen LogP contribution in [0.1, 0.15) is 21.6 Å². The molecule has 0 atom stereocenters. The van der Waals surface area contributed by atoms with Gasteiger partial charge in [0.05, 0.1) is 25.4 Å². The molecule has 0 unspecified atom stereocenters. The van der Waals surface area contributed by atoms with Crippen molar-refractivity contribution in [2.24, 2.45) is 0 Å². The van der Waals surface area contributed by atoms with Gasteiger partial charge in [0.2, 0.25) is 0 Å². The lowest BCUT2D eigenvalue weighted by atomic mass is 10.2. The van der Waals surface area contributed by atoms with E-state index in [2.05, 4.69) is 10.3 Å². The molecule has 0 saturated heterocycles. The van der Waals surface area contributed by atoms with Gasteiger partial charge in [0.1, 0.15) is 29.6 Å². The number of hydrogen-bond acceptors (Lipinski definition) is 5. The fourth-order valence-corrected chi connectivity index (χ4v) is 2.32. The second kappa shape index (κ2) is 7.57. The largest absolute Gasteiger partial charge is 0.497 e. The van der Waals surface area contributed by atoms with Crippen LogP contribution in [0.2, 0.25) is 0 Å². The normalized spacial score (nSPS) is 10.5. The first-order valence-corrected chi connectivity index (χ1v) is 7.57. The van der Waals surface area contributed by atoms with Crippen LogP contribution in [-0.4, -0.2) is 28.4 Å². The average molecular weight is 341 g/mol. The molecule has 0 aliphatic carbocycles. The zero-order valence-corrected chi connectivity index (χ0v) is 13.6. The Bertz CT molecular complexity index is 880. The minimum absolute atomic E-state index is 0.0857. The molecule has 0 spiro atoms. The third-order valence-corrected chi connectivity index (χ3v) is 3.54. The van der Waals surface area contributed by atoms with Crippen LogP contribution in [0, 0.1) is 5.82 Å². The Hall–Kier alpha value is -3.22. The van der Waals surface area contributed by atoms with Crippen LogP contribution in [0.15, 0.2) is 48.7 Å². The van der Waals surface area contributed by atoms with Gasteiger partial charge in [0.15, 0.2) is 6.29 Å². The van der Waals surface area contributed by atoms with Crippen LogP contribution >= 0.6 is 0 Å². The van der Waals surface area contributed by atoms with Gasteiger partial charge in [0.25, 0.3) is 0 Å². The Morgan fingerprint density at radius 2 is 2.12 bits per heavy atom. The summed E-state index contributed by atoms with van der Waals surface area (Å²) in [5.74, 6) is 0.480. The van der Waals surface area contributed by atoms with E-state index in [1.54, 1.807) is 18.0 Å². The van der Waals surface area contributed by atoms with Crippen LogP contribution in [0.5, 0.6) is 11.5 Å². The van der Waals surface area contributed by atoms with Crippen molar-refractivity contribution in [3.8, 4) is 11.5 Å². The Labute approximate surface area is 143 Å². The molecule has 0 aliphatic rings. The predicted molar refractivity (Wildman–Crippen MR) is 88.2 cm³/mol. The van der Waals surface area contributed by atoms with Crippen molar-refractivity contribution >= 4 is 6.29 Å². The number of methoxy groups -OCH3 is 1. The second-order valence-electron chi connectivity index (χ2n) is 5.35. The summed E-state index contributed by atoms with van der Waals surface area (Å²) >= 11 is 0. The minimum Gasteiger partial charge on any atom is -0.497 e.